The molecule has 0 aromatic carbocycles. The average molecular weight is 253 g/mol. The molecule has 2 heterocycles. The Balaban J connectivity index is 2.23. The SMILES string of the molecule is O=C1NOC[C@@H]1n1c2c(c(=S)[nH]c1=O)CCC2. The number of carbonyl (C=O) groups excluding carboxylic acids is 1. The predicted octanol–water partition coefficient (Wildman–Crippen LogP) is -0.00291. The molecule has 0 saturated carbocycles. The van der Waals surface area contributed by atoms with E-state index in [2.05, 4.69) is 10.5 Å². The van der Waals surface area contributed by atoms with Crippen LogP contribution in [0.15, 0.2) is 4.79 Å². The number of carbonyl (C=O) groups is 1. The van der Waals surface area contributed by atoms with Gasteiger partial charge >= 0.3 is 5.69 Å². The van der Waals surface area contributed by atoms with Gasteiger partial charge in [-0.25, -0.2) is 10.3 Å². The third kappa shape index (κ3) is 1.54. The summed E-state index contributed by atoms with van der Waals surface area (Å²) >= 11 is 5.13. The second kappa shape index (κ2) is 3.78. The molecule has 0 unspecified atom stereocenters. The monoisotopic (exact) mass is 253 g/mol. The van der Waals surface area contributed by atoms with Gasteiger partial charge in [-0.1, -0.05) is 12.2 Å². The molecule has 0 bridgehead atoms. The zero-order chi connectivity index (χ0) is 12.0. The van der Waals surface area contributed by atoms with Crippen LogP contribution in [-0.4, -0.2) is 22.1 Å². The molecular weight excluding hydrogens is 242 g/mol. The van der Waals surface area contributed by atoms with E-state index in [1.54, 1.807) is 0 Å². The molecule has 90 valence electrons. The van der Waals surface area contributed by atoms with Crippen molar-refractivity contribution >= 4 is 18.1 Å². The van der Waals surface area contributed by atoms with Gasteiger partial charge in [0.15, 0.2) is 0 Å². The predicted molar refractivity (Wildman–Crippen MR) is 61.0 cm³/mol. The number of amides is 1. The molecule has 1 aromatic rings. The molecule has 1 aromatic heterocycles. The van der Waals surface area contributed by atoms with E-state index in [0.29, 0.717) is 4.64 Å². The van der Waals surface area contributed by atoms with Crippen molar-refractivity contribution in [1.82, 2.24) is 15.0 Å². The summed E-state index contributed by atoms with van der Waals surface area (Å²) in [4.78, 5) is 31.0. The fourth-order valence-electron chi connectivity index (χ4n) is 2.45. The Morgan fingerprint density at radius 2 is 2.18 bits per heavy atom. The molecule has 6 nitrogen and oxygen atoms in total. The molecule has 1 amide bonds. The van der Waals surface area contributed by atoms with Crippen LogP contribution in [0, 0.1) is 4.64 Å². The smallest absolute Gasteiger partial charge is 0.298 e. The lowest BCUT2D eigenvalue weighted by Crippen LogP contribution is -2.35. The molecule has 7 heteroatoms. The van der Waals surface area contributed by atoms with E-state index in [1.807, 2.05) is 0 Å². The molecule has 3 rings (SSSR count). The third-order valence-electron chi connectivity index (χ3n) is 3.22. The summed E-state index contributed by atoms with van der Waals surface area (Å²) < 4.78 is 1.98. The molecular formula is C10H11N3O3S. The Kier molecular flexibility index (Phi) is 2.37. The Morgan fingerprint density at radius 3 is 2.88 bits per heavy atom. The van der Waals surface area contributed by atoms with Crippen LogP contribution in [0.3, 0.4) is 0 Å². The normalized spacial score (nSPS) is 22.6. The number of aromatic nitrogens is 2. The van der Waals surface area contributed by atoms with Gasteiger partial charge in [0.2, 0.25) is 0 Å². The molecule has 2 N–H and O–H groups in total. The van der Waals surface area contributed by atoms with Crippen LogP contribution >= 0.6 is 12.2 Å². The quantitative estimate of drug-likeness (QED) is 0.691. The highest BCUT2D eigenvalue weighted by atomic mass is 32.1. The second-order valence-corrected chi connectivity index (χ2v) is 4.61. The summed E-state index contributed by atoms with van der Waals surface area (Å²) in [6, 6.07) is -0.582. The minimum absolute atomic E-state index is 0.176. The Morgan fingerprint density at radius 1 is 1.35 bits per heavy atom. The summed E-state index contributed by atoms with van der Waals surface area (Å²) in [6.45, 7) is 0.176. The minimum atomic E-state index is -0.582. The zero-order valence-corrected chi connectivity index (χ0v) is 9.80. The van der Waals surface area contributed by atoms with Gasteiger partial charge in [-0.15, -0.1) is 0 Å². The summed E-state index contributed by atoms with van der Waals surface area (Å²) in [6.07, 6.45) is 2.61. The first kappa shape index (κ1) is 10.7. The van der Waals surface area contributed by atoms with Gasteiger partial charge in [-0.2, -0.15) is 0 Å². The van der Waals surface area contributed by atoms with Crippen molar-refractivity contribution in [2.75, 3.05) is 6.61 Å². The standard InChI is InChI=1S/C10H11N3O3S/c14-8-7(4-16-12-8)13-6-3-1-2-5(6)9(17)11-10(13)15/h7H,1-4H2,(H,12,14)(H,11,15,17)/t7-/m0/s1. The largest absolute Gasteiger partial charge is 0.327 e. The van der Waals surface area contributed by atoms with Crippen molar-refractivity contribution in [3.05, 3.63) is 26.4 Å². The molecule has 1 saturated heterocycles. The van der Waals surface area contributed by atoms with Crippen molar-refractivity contribution in [3.63, 3.8) is 0 Å². The van der Waals surface area contributed by atoms with Gasteiger partial charge in [-0.3, -0.25) is 19.2 Å². The zero-order valence-electron chi connectivity index (χ0n) is 8.99. The van der Waals surface area contributed by atoms with Crippen LogP contribution in [-0.2, 0) is 22.5 Å². The molecule has 1 aliphatic heterocycles. The van der Waals surface area contributed by atoms with Gasteiger partial charge in [0.1, 0.15) is 17.3 Å². The van der Waals surface area contributed by atoms with E-state index in [1.165, 1.54) is 4.57 Å². The van der Waals surface area contributed by atoms with Gasteiger partial charge in [0.05, 0.1) is 0 Å². The highest BCUT2D eigenvalue weighted by Gasteiger charge is 2.32. The fourth-order valence-corrected chi connectivity index (χ4v) is 2.76. The van der Waals surface area contributed by atoms with Gasteiger partial charge < -0.3 is 0 Å². The van der Waals surface area contributed by atoms with Crippen LogP contribution in [0.25, 0.3) is 0 Å². The van der Waals surface area contributed by atoms with Crippen LogP contribution in [0.2, 0.25) is 0 Å². The Hall–Kier alpha value is -1.47. The lowest BCUT2D eigenvalue weighted by atomic mass is 10.2. The van der Waals surface area contributed by atoms with Gasteiger partial charge in [0, 0.05) is 11.3 Å². The number of hydrogen-bond donors (Lipinski definition) is 2. The van der Waals surface area contributed by atoms with E-state index in [-0.39, 0.29) is 18.2 Å². The molecule has 0 spiro atoms. The van der Waals surface area contributed by atoms with Crippen LogP contribution < -0.4 is 11.2 Å². The number of rotatable bonds is 1. The van der Waals surface area contributed by atoms with Crippen molar-refractivity contribution in [2.24, 2.45) is 0 Å². The van der Waals surface area contributed by atoms with Crippen molar-refractivity contribution in [1.29, 1.82) is 0 Å². The maximum atomic E-state index is 11.9. The van der Waals surface area contributed by atoms with E-state index in [0.717, 1.165) is 30.5 Å². The average Bonchev–Trinajstić information content (AvgIpc) is 2.88. The van der Waals surface area contributed by atoms with Gasteiger partial charge in [0.25, 0.3) is 5.91 Å². The van der Waals surface area contributed by atoms with E-state index < -0.39 is 6.04 Å². The number of hydroxylamine groups is 1. The number of nitrogens with one attached hydrogen (secondary N) is 2. The second-order valence-electron chi connectivity index (χ2n) is 4.20. The maximum absolute atomic E-state index is 11.9. The first-order chi connectivity index (χ1) is 8.18. The first-order valence-electron chi connectivity index (χ1n) is 5.46. The molecule has 1 atom stereocenters. The van der Waals surface area contributed by atoms with Crippen molar-refractivity contribution in [3.8, 4) is 0 Å². The minimum Gasteiger partial charge on any atom is -0.298 e. The number of nitrogens with zero attached hydrogens (tertiary/aromatic N) is 1. The van der Waals surface area contributed by atoms with E-state index >= 15 is 0 Å². The highest BCUT2D eigenvalue weighted by molar-refractivity contribution is 7.71. The highest BCUT2D eigenvalue weighted by Crippen LogP contribution is 2.24. The Labute approximate surface area is 102 Å². The number of fused-ring (bicyclic) bond motifs is 1. The van der Waals surface area contributed by atoms with Crippen molar-refractivity contribution < 1.29 is 9.63 Å². The topological polar surface area (TPSA) is 76.1 Å². The molecule has 1 aliphatic carbocycles. The molecule has 0 radical (unpaired) electrons. The van der Waals surface area contributed by atoms with Crippen LogP contribution in [0.1, 0.15) is 23.7 Å². The number of hydrogen-bond acceptors (Lipinski definition) is 4. The molecule has 2 aliphatic rings. The molecule has 1 fully saturated rings. The van der Waals surface area contributed by atoms with E-state index in [9.17, 15) is 9.59 Å². The number of aromatic amines is 1. The lowest BCUT2D eigenvalue weighted by Gasteiger charge is -2.14. The Bertz CT molecular complexity index is 604. The maximum Gasteiger partial charge on any atom is 0.327 e. The summed E-state index contributed by atoms with van der Waals surface area (Å²) in [7, 11) is 0. The third-order valence-corrected chi connectivity index (χ3v) is 3.57. The first-order valence-corrected chi connectivity index (χ1v) is 5.87. The van der Waals surface area contributed by atoms with Gasteiger partial charge in [-0.05, 0) is 19.3 Å². The fraction of sp³-hybridized carbons (Fsp3) is 0.500. The lowest BCUT2D eigenvalue weighted by molar-refractivity contribution is -0.125. The summed E-state index contributed by atoms with van der Waals surface area (Å²) in [5.74, 6) is -0.285. The number of H-pyrrole nitrogens is 1. The van der Waals surface area contributed by atoms with E-state index in [4.69, 9.17) is 17.1 Å². The molecule has 17 heavy (non-hydrogen) atoms. The van der Waals surface area contributed by atoms with Crippen LogP contribution in [0.5, 0.6) is 0 Å². The summed E-state index contributed by atoms with van der Waals surface area (Å²) in [5.41, 5.74) is 3.79. The van der Waals surface area contributed by atoms with Crippen LogP contribution in [0.4, 0.5) is 0 Å². The van der Waals surface area contributed by atoms with Crippen molar-refractivity contribution in [2.45, 2.75) is 25.3 Å². The summed E-state index contributed by atoms with van der Waals surface area (Å²) in [5, 5.41) is 0.